The average molecular weight is 261 g/mol. The Balaban J connectivity index is 2.15. The maximum atomic E-state index is 11.3. The number of hydrogen-bond donors (Lipinski definition) is 2. The molecule has 1 aromatic heterocycles. The number of aromatic nitrogens is 2. The van der Waals surface area contributed by atoms with E-state index in [0.29, 0.717) is 5.16 Å². The number of nitrogens with zero attached hydrogens (tertiary/aromatic N) is 1. The Labute approximate surface area is 110 Å². The molecule has 0 saturated heterocycles. The van der Waals surface area contributed by atoms with Crippen LogP contribution in [0, 0.1) is 6.92 Å². The van der Waals surface area contributed by atoms with E-state index in [1.54, 1.807) is 0 Å². The summed E-state index contributed by atoms with van der Waals surface area (Å²) in [7, 11) is 1.92. The quantitative estimate of drug-likeness (QED) is 0.826. The topological polar surface area (TPSA) is 57.8 Å². The van der Waals surface area contributed by atoms with Crippen molar-refractivity contribution in [3.63, 3.8) is 0 Å². The number of aromatic amines is 1. The third-order valence-corrected chi connectivity index (χ3v) is 3.26. The van der Waals surface area contributed by atoms with Gasteiger partial charge in [0, 0.05) is 23.2 Å². The highest BCUT2D eigenvalue weighted by Gasteiger charge is 2.01. The van der Waals surface area contributed by atoms with Gasteiger partial charge in [-0.05, 0) is 31.7 Å². The van der Waals surface area contributed by atoms with E-state index in [-0.39, 0.29) is 5.56 Å². The standard InChI is InChI=1S/C13H15N3OS/c1-9-7-12(17)16-13(15-9)18-11-5-3-10(4-6-11)8-14-2/h3-7,14H,8H2,1-2H3,(H,15,16,17). The van der Waals surface area contributed by atoms with Crippen LogP contribution in [-0.4, -0.2) is 17.0 Å². The summed E-state index contributed by atoms with van der Waals surface area (Å²) in [6, 6.07) is 9.67. The predicted molar refractivity (Wildman–Crippen MR) is 72.9 cm³/mol. The lowest BCUT2D eigenvalue weighted by Gasteiger charge is -2.03. The molecule has 0 aliphatic rings. The zero-order chi connectivity index (χ0) is 13.0. The molecule has 0 saturated carbocycles. The molecule has 0 amide bonds. The summed E-state index contributed by atoms with van der Waals surface area (Å²) >= 11 is 1.46. The number of H-pyrrole nitrogens is 1. The first-order valence-corrected chi connectivity index (χ1v) is 6.48. The third kappa shape index (κ3) is 3.45. The molecule has 2 aromatic rings. The minimum atomic E-state index is -0.114. The van der Waals surface area contributed by atoms with Crippen LogP contribution in [0.2, 0.25) is 0 Å². The van der Waals surface area contributed by atoms with Crippen LogP contribution < -0.4 is 10.9 Å². The summed E-state index contributed by atoms with van der Waals surface area (Å²) in [4.78, 5) is 19.4. The van der Waals surface area contributed by atoms with Crippen molar-refractivity contribution in [2.75, 3.05) is 7.05 Å². The van der Waals surface area contributed by atoms with Gasteiger partial charge in [-0.3, -0.25) is 4.79 Å². The first-order chi connectivity index (χ1) is 8.67. The molecule has 0 bridgehead atoms. The summed E-state index contributed by atoms with van der Waals surface area (Å²) in [5, 5.41) is 3.73. The lowest BCUT2D eigenvalue weighted by Crippen LogP contribution is -2.07. The van der Waals surface area contributed by atoms with Crippen molar-refractivity contribution in [3.05, 3.63) is 51.9 Å². The summed E-state index contributed by atoms with van der Waals surface area (Å²) in [5.74, 6) is 0. The van der Waals surface area contributed by atoms with E-state index >= 15 is 0 Å². The summed E-state index contributed by atoms with van der Waals surface area (Å²) < 4.78 is 0. The third-order valence-electron chi connectivity index (χ3n) is 2.37. The molecule has 0 spiro atoms. The highest BCUT2D eigenvalue weighted by Crippen LogP contribution is 2.23. The Bertz CT molecular complexity index is 578. The van der Waals surface area contributed by atoms with Crippen molar-refractivity contribution in [1.29, 1.82) is 0 Å². The van der Waals surface area contributed by atoms with Gasteiger partial charge in [-0.2, -0.15) is 0 Å². The van der Waals surface area contributed by atoms with Crippen LogP contribution in [0.3, 0.4) is 0 Å². The van der Waals surface area contributed by atoms with Crippen LogP contribution in [0.4, 0.5) is 0 Å². The van der Waals surface area contributed by atoms with Gasteiger partial charge in [-0.15, -0.1) is 0 Å². The van der Waals surface area contributed by atoms with Crippen molar-refractivity contribution in [1.82, 2.24) is 15.3 Å². The van der Waals surface area contributed by atoms with Crippen molar-refractivity contribution >= 4 is 11.8 Å². The fraction of sp³-hybridized carbons (Fsp3) is 0.231. The van der Waals surface area contributed by atoms with Gasteiger partial charge in [-0.25, -0.2) is 4.98 Å². The fourth-order valence-electron chi connectivity index (χ4n) is 1.59. The molecular weight excluding hydrogens is 246 g/mol. The second-order valence-electron chi connectivity index (χ2n) is 3.97. The molecule has 2 rings (SSSR count). The molecule has 0 aliphatic carbocycles. The normalized spacial score (nSPS) is 10.6. The van der Waals surface area contributed by atoms with E-state index < -0.39 is 0 Å². The lowest BCUT2D eigenvalue weighted by molar-refractivity contribution is 0.817. The molecule has 2 N–H and O–H groups in total. The minimum absolute atomic E-state index is 0.114. The van der Waals surface area contributed by atoms with Crippen LogP contribution in [0.25, 0.3) is 0 Å². The van der Waals surface area contributed by atoms with Crippen LogP contribution in [0.15, 0.2) is 45.2 Å². The molecule has 5 heteroatoms. The second kappa shape index (κ2) is 5.84. The van der Waals surface area contributed by atoms with Gasteiger partial charge in [-0.1, -0.05) is 23.9 Å². The van der Waals surface area contributed by atoms with Crippen molar-refractivity contribution in [2.45, 2.75) is 23.5 Å². The van der Waals surface area contributed by atoms with E-state index in [0.717, 1.165) is 17.1 Å². The minimum Gasteiger partial charge on any atom is -0.316 e. The van der Waals surface area contributed by atoms with Crippen LogP contribution in [0.5, 0.6) is 0 Å². The van der Waals surface area contributed by atoms with Gasteiger partial charge in [0.1, 0.15) is 0 Å². The number of benzene rings is 1. The van der Waals surface area contributed by atoms with E-state index in [1.165, 1.54) is 23.4 Å². The van der Waals surface area contributed by atoms with Crippen molar-refractivity contribution in [2.24, 2.45) is 0 Å². The number of hydrogen-bond acceptors (Lipinski definition) is 4. The molecule has 0 radical (unpaired) electrons. The zero-order valence-corrected chi connectivity index (χ0v) is 11.2. The van der Waals surface area contributed by atoms with E-state index in [4.69, 9.17) is 0 Å². The molecule has 1 heterocycles. The Morgan fingerprint density at radius 2 is 2.06 bits per heavy atom. The Morgan fingerprint density at radius 3 is 2.67 bits per heavy atom. The highest BCUT2D eigenvalue weighted by atomic mass is 32.2. The highest BCUT2D eigenvalue weighted by molar-refractivity contribution is 7.99. The van der Waals surface area contributed by atoms with E-state index in [1.807, 2.05) is 26.1 Å². The molecule has 0 aliphatic heterocycles. The van der Waals surface area contributed by atoms with Gasteiger partial charge in [0.05, 0.1) is 0 Å². The Morgan fingerprint density at radius 1 is 1.33 bits per heavy atom. The maximum Gasteiger partial charge on any atom is 0.251 e. The largest absolute Gasteiger partial charge is 0.316 e. The summed E-state index contributed by atoms with van der Waals surface area (Å²) in [6.07, 6.45) is 0. The summed E-state index contributed by atoms with van der Waals surface area (Å²) in [6.45, 7) is 2.67. The van der Waals surface area contributed by atoms with E-state index in [9.17, 15) is 4.79 Å². The second-order valence-corrected chi connectivity index (χ2v) is 5.03. The molecule has 1 aromatic carbocycles. The molecule has 0 unspecified atom stereocenters. The zero-order valence-electron chi connectivity index (χ0n) is 10.4. The number of rotatable bonds is 4. The molecular formula is C13H15N3OS. The fourth-order valence-corrected chi connectivity index (χ4v) is 2.43. The summed E-state index contributed by atoms with van der Waals surface area (Å²) in [5.41, 5.74) is 1.84. The first-order valence-electron chi connectivity index (χ1n) is 5.67. The molecule has 0 fully saturated rings. The monoisotopic (exact) mass is 261 g/mol. The number of nitrogens with one attached hydrogen (secondary N) is 2. The van der Waals surface area contributed by atoms with Crippen molar-refractivity contribution < 1.29 is 0 Å². The Kier molecular flexibility index (Phi) is 4.17. The molecule has 0 atom stereocenters. The van der Waals surface area contributed by atoms with Gasteiger partial charge in [0.25, 0.3) is 5.56 Å². The van der Waals surface area contributed by atoms with Gasteiger partial charge >= 0.3 is 0 Å². The Hall–Kier alpha value is -1.59. The van der Waals surface area contributed by atoms with E-state index in [2.05, 4.69) is 27.4 Å². The molecule has 94 valence electrons. The van der Waals surface area contributed by atoms with Crippen LogP contribution in [0.1, 0.15) is 11.3 Å². The number of aryl methyl sites for hydroxylation is 1. The molecule has 18 heavy (non-hydrogen) atoms. The van der Waals surface area contributed by atoms with Gasteiger partial charge < -0.3 is 10.3 Å². The van der Waals surface area contributed by atoms with Gasteiger partial charge in [0.2, 0.25) is 0 Å². The van der Waals surface area contributed by atoms with Crippen LogP contribution in [-0.2, 0) is 6.54 Å². The molecule has 4 nitrogen and oxygen atoms in total. The SMILES string of the molecule is CNCc1ccc(Sc2nc(C)cc(=O)[nH]2)cc1. The first kappa shape index (κ1) is 12.9. The predicted octanol–water partition coefficient (Wildman–Crippen LogP) is 1.95. The average Bonchev–Trinajstić information content (AvgIpc) is 2.31. The lowest BCUT2D eigenvalue weighted by atomic mass is 10.2. The smallest absolute Gasteiger partial charge is 0.251 e. The van der Waals surface area contributed by atoms with Crippen LogP contribution >= 0.6 is 11.8 Å². The van der Waals surface area contributed by atoms with Crippen molar-refractivity contribution in [3.8, 4) is 0 Å². The maximum absolute atomic E-state index is 11.3. The van der Waals surface area contributed by atoms with Gasteiger partial charge in [0.15, 0.2) is 5.16 Å².